The molecule has 1 saturated carbocycles. The van der Waals surface area contributed by atoms with Crippen molar-refractivity contribution in [3.05, 3.63) is 42.2 Å². The van der Waals surface area contributed by atoms with Gasteiger partial charge in [-0.15, -0.1) is 0 Å². The van der Waals surface area contributed by atoms with E-state index in [4.69, 9.17) is 9.47 Å². The van der Waals surface area contributed by atoms with Gasteiger partial charge in [-0.25, -0.2) is 0 Å². The molecule has 2 aliphatic rings. The molecule has 5 nitrogen and oxygen atoms in total. The largest absolute Gasteiger partial charge is 0.486 e. The van der Waals surface area contributed by atoms with Crippen molar-refractivity contribution < 1.29 is 9.47 Å². The van der Waals surface area contributed by atoms with Gasteiger partial charge in [-0.1, -0.05) is 6.07 Å². The van der Waals surface area contributed by atoms with Gasteiger partial charge in [-0.3, -0.25) is 4.68 Å². The lowest BCUT2D eigenvalue weighted by Gasteiger charge is -2.23. The molecule has 1 fully saturated rings. The van der Waals surface area contributed by atoms with Crippen LogP contribution in [0.4, 0.5) is 0 Å². The van der Waals surface area contributed by atoms with E-state index in [1.165, 1.54) is 18.4 Å². The number of hydrogen-bond acceptors (Lipinski definition) is 4. The highest BCUT2D eigenvalue weighted by Crippen LogP contribution is 2.43. The van der Waals surface area contributed by atoms with E-state index in [0.29, 0.717) is 19.3 Å². The number of hydrogen-bond donors (Lipinski definition) is 1. The van der Waals surface area contributed by atoms with Gasteiger partial charge in [-0.2, -0.15) is 5.10 Å². The maximum absolute atomic E-state index is 5.71. The lowest BCUT2D eigenvalue weighted by molar-refractivity contribution is 0.171. The molecule has 4 rings (SSSR count). The van der Waals surface area contributed by atoms with Crippen molar-refractivity contribution in [3.8, 4) is 11.5 Å². The fourth-order valence-corrected chi connectivity index (χ4v) is 3.01. The monoisotopic (exact) mass is 299 g/mol. The Morgan fingerprint density at radius 3 is 2.86 bits per heavy atom. The standard InChI is InChI=1S/C17H21N3O2/c1-6-19-20(8-1)9-7-18-17(13-2-3-13)14-4-5-15-16(12-14)22-11-10-21-15/h1,4-6,8,12-13,17-18H,2-3,7,9-11H2. The number of fused-ring (bicyclic) bond motifs is 1. The minimum atomic E-state index is 0.395. The zero-order valence-electron chi connectivity index (χ0n) is 12.6. The van der Waals surface area contributed by atoms with Crippen molar-refractivity contribution in [1.82, 2.24) is 15.1 Å². The Morgan fingerprint density at radius 1 is 1.23 bits per heavy atom. The summed E-state index contributed by atoms with van der Waals surface area (Å²) in [4.78, 5) is 0. The molecular weight excluding hydrogens is 278 g/mol. The Balaban J connectivity index is 1.45. The van der Waals surface area contributed by atoms with Crippen molar-refractivity contribution in [2.45, 2.75) is 25.4 Å². The smallest absolute Gasteiger partial charge is 0.161 e. The van der Waals surface area contributed by atoms with Crippen LogP contribution in [-0.4, -0.2) is 29.5 Å². The third kappa shape index (κ3) is 2.95. The van der Waals surface area contributed by atoms with Crippen LogP contribution >= 0.6 is 0 Å². The molecule has 0 radical (unpaired) electrons. The summed E-state index contributed by atoms with van der Waals surface area (Å²) in [5.41, 5.74) is 1.30. The van der Waals surface area contributed by atoms with Crippen LogP contribution < -0.4 is 14.8 Å². The first-order valence-electron chi connectivity index (χ1n) is 8.00. The quantitative estimate of drug-likeness (QED) is 0.890. The molecule has 5 heteroatoms. The normalized spacial score (nSPS) is 18.2. The van der Waals surface area contributed by atoms with Crippen LogP contribution in [-0.2, 0) is 6.54 Å². The van der Waals surface area contributed by atoms with Crippen molar-refractivity contribution >= 4 is 0 Å². The van der Waals surface area contributed by atoms with Crippen LogP contribution in [0, 0.1) is 5.92 Å². The third-order valence-corrected chi connectivity index (χ3v) is 4.28. The number of ether oxygens (including phenoxy) is 2. The van der Waals surface area contributed by atoms with Gasteiger partial charge in [0, 0.05) is 25.0 Å². The number of nitrogens with one attached hydrogen (secondary N) is 1. The molecular formula is C17H21N3O2. The zero-order valence-corrected chi connectivity index (χ0v) is 12.6. The molecule has 1 aromatic carbocycles. The number of aromatic nitrogens is 2. The van der Waals surface area contributed by atoms with Gasteiger partial charge in [0.2, 0.25) is 0 Å². The average Bonchev–Trinajstić information content (AvgIpc) is 3.27. The number of rotatable bonds is 6. The fraction of sp³-hybridized carbons (Fsp3) is 0.471. The van der Waals surface area contributed by atoms with Crippen LogP contribution in [0.1, 0.15) is 24.4 Å². The van der Waals surface area contributed by atoms with Crippen molar-refractivity contribution in [3.63, 3.8) is 0 Å². The van der Waals surface area contributed by atoms with E-state index in [9.17, 15) is 0 Å². The van der Waals surface area contributed by atoms with E-state index < -0.39 is 0 Å². The molecule has 1 aromatic heterocycles. The Hall–Kier alpha value is -2.01. The molecule has 0 saturated heterocycles. The lowest BCUT2D eigenvalue weighted by atomic mass is 10.0. The first-order valence-corrected chi connectivity index (χ1v) is 8.00. The van der Waals surface area contributed by atoms with Gasteiger partial charge in [0.05, 0.1) is 6.54 Å². The summed E-state index contributed by atoms with van der Waals surface area (Å²) in [6.45, 7) is 3.08. The Bertz CT molecular complexity index is 623. The van der Waals surface area contributed by atoms with E-state index in [0.717, 1.165) is 30.5 Å². The number of nitrogens with zero attached hydrogens (tertiary/aromatic N) is 2. The van der Waals surface area contributed by atoms with Gasteiger partial charge in [0.15, 0.2) is 11.5 Å². The van der Waals surface area contributed by atoms with Gasteiger partial charge in [-0.05, 0) is 42.5 Å². The third-order valence-electron chi connectivity index (χ3n) is 4.28. The maximum Gasteiger partial charge on any atom is 0.161 e. The highest BCUT2D eigenvalue weighted by atomic mass is 16.6. The Kier molecular flexibility index (Phi) is 3.72. The predicted molar refractivity (Wildman–Crippen MR) is 83.1 cm³/mol. The van der Waals surface area contributed by atoms with Crippen LogP contribution in [0.2, 0.25) is 0 Å². The van der Waals surface area contributed by atoms with Gasteiger partial charge in [0.1, 0.15) is 13.2 Å². The van der Waals surface area contributed by atoms with E-state index in [2.05, 4.69) is 22.5 Å². The van der Waals surface area contributed by atoms with Crippen LogP contribution in [0.15, 0.2) is 36.7 Å². The second kappa shape index (κ2) is 6.01. The van der Waals surface area contributed by atoms with Gasteiger partial charge >= 0.3 is 0 Å². The molecule has 116 valence electrons. The summed E-state index contributed by atoms with van der Waals surface area (Å²) in [5.74, 6) is 2.48. The van der Waals surface area contributed by atoms with E-state index in [1.807, 2.05) is 29.2 Å². The number of benzene rings is 1. The van der Waals surface area contributed by atoms with Crippen LogP contribution in [0.5, 0.6) is 11.5 Å². The van der Waals surface area contributed by atoms with E-state index in [1.54, 1.807) is 0 Å². The SMILES string of the molecule is c1cnn(CCNC(c2ccc3c(c2)OCCO3)C2CC2)c1. The first kappa shape index (κ1) is 13.6. The maximum atomic E-state index is 5.71. The van der Waals surface area contributed by atoms with Gasteiger partial charge < -0.3 is 14.8 Å². The van der Waals surface area contributed by atoms with E-state index in [-0.39, 0.29) is 0 Å². The highest BCUT2D eigenvalue weighted by molar-refractivity contribution is 5.45. The summed E-state index contributed by atoms with van der Waals surface area (Å²) in [7, 11) is 0. The Labute approximate surface area is 130 Å². The van der Waals surface area contributed by atoms with Crippen LogP contribution in [0.3, 0.4) is 0 Å². The molecule has 1 aliphatic heterocycles. The minimum Gasteiger partial charge on any atom is -0.486 e. The van der Waals surface area contributed by atoms with E-state index >= 15 is 0 Å². The molecule has 0 spiro atoms. The zero-order chi connectivity index (χ0) is 14.8. The molecule has 1 unspecified atom stereocenters. The second-order valence-electron chi connectivity index (χ2n) is 5.94. The summed E-state index contributed by atoms with van der Waals surface area (Å²) in [6.07, 6.45) is 6.42. The van der Waals surface area contributed by atoms with Crippen LogP contribution in [0.25, 0.3) is 0 Å². The van der Waals surface area contributed by atoms with Crippen molar-refractivity contribution in [2.24, 2.45) is 5.92 Å². The highest BCUT2D eigenvalue weighted by Gasteiger charge is 2.32. The molecule has 0 amide bonds. The minimum absolute atomic E-state index is 0.395. The summed E-state index contributed by atoms with van der Waals surface area (Å²) >= 11 is 0. The predicted octanol–water partition coefficient (Wildman–Crippen LogP) is 2.40. The summed E-state index contributed by atoms with van der Waals surface area (Å²) in [6, 6.07) is 8.69. The van der Waals surface area contributed by atoms with Crippen molar-refractivity contribution in [2.75, 3.05) is 19.8 Å². The first-order chi connectivity index (χ1) is 10.9. The topological polar surface area (TPSA) is 48.3 Å². The van der Waals surface area contributed by atoms with Crippen molar-refractivity contribution in [1.29, 1.82) is 0 Å². The average molecular weight is 299 g/mol. The molecule has 1 N–H and O–H groups in total. The lowest BCUT2D eigenvalue weighted by Crippen LogP contribution is -2.27. The molecule has 2 aromatic rings. The molecule has 2 heterocycles. The molecule has 0 bridgehead atoms. The fourth-order valence-electron chi connectivity index (χ4n) is 3.01. The summed E-state index contributed by atoms with van der Waals surface area (Å²) in [5, 5.41) is 7.93. The Morgan fingerprint density at radius 2 is 2.09 bits per heavy atom. The molecule has 1 atom stereocenters. The molecule has 22 heavy (non-hydrogen) atoms. The second-order valence-corrected chi connectivity index (χ2v) is 5.94. The van der Waals surface area contributed by atoms with Gasteiger partial charge in [0.25, 0.3) is 0 Å². The summed E-state index contributed by atoms with van der Waals surface area (Å²) < 4.78 is 13.3. The molecule has 1 aliphatic carbocycles.